The topological polar surface area (TPSA) is 58.6 Å². The Kier molecular flexibility index (Phi) is 4.85. The van der Waals surface area contributed by atoms with Crippen LogP contribution in [0.25, 0.3) is 0 Å². The van der Waals surface area contributed by atoms with Gasteiger partial charge in [-0.3, -0.25) is 10.1 Å². The summed E-state index contributed by atoms with van der Waals surface area (Å²) in [6.07, 6.45) is 2.60. The van der Waals surface area contributed by atoms with Gasteiger partial charge in [0.1, 0.15) is 0 Å². The van der Waals surface area contributed by atoms with Crippen molar-refractivity contribution < 1.29 is 14.3 Å². The van der Waals surface area contributed by atoms with Gasteiger partial charge in [-0.25, -0.2) is 4.79 Å². The van der Waals surface area contributed by atoms with Crippen LogP contribution in [0.3, 0.4) is 0 Å². The van der Waals surface area contributed by atoms with E-state index in [1.807, 2.05) is 41.3 Å². The van der Waals surface area contributed by atoms with Crippen molar-refractivity contribution >= 4 is 23.4 Å². The molecule has 4 rings (SSSR count). The zero-order chi connectivity index (χ0) is 20.6. The minimum Gasteiger partial charge on any atom is -0.449 e. The Labute approximate surface area is 172 Å². The number of hydrogen-bond donors (Lipinski definition) is 1. The van der Waals surface area contributed by atoms with E-state index in [0.717, 1.165) is 30.5 Å². The molecule has 1 saturated carbocycles. The maximum Gasteiger partial charge on any atom is 0.411 e. The van der Waals surface area contributed by atoms with E-state index in [4.69, 9.17) is 4.74 Å². The first-order valence-electron chi connectivity index (χ1n) is 10.2. The second-order valence-electron chi connectivity index (χ2n) is 8.86. The Morgan fingerprint density at radius 3 is 2.45 bits per heavy atom. The Morgan fingerprint density at radius 1 is 1.07 bits per heavy atom. The summed E-state index contributed by atoms with van der Waals surface area (Å²) in [5.74, 6) is 0.0270. The highest BCUT2D eigenvalue weighted by molar-refractivity contribution is 5.94. The first-order chi connectivity index (χ1) is 13.8. The van der Waals surface area contributed by atoms with Gasteiger partial charge >= 0.3 is 6.09 Å². The van der Waals surface area contributed by atoms with Gasteiger partial charge in [-0.2, -0.15) is 0 Å². The van der Waals surface area contributed by atoms with Gasteiger partial charge in [0.15, 0.2) is 0 Å². The van der Waals surface area contributed by atoms with Gasteiger partial charge in [0.25, 0.3) is 0 Å². The molecule has 5 heteroatoms. The van der Waals surface area contributed by atoms with Crippen LogP contribution in [0, 0.1) is 5.41 Å². The van der Waals surface area contributed by atoms with Crippen LogP contribution >= 0.6 is 0 Å². The van der Waals surface area contributed by atoms with E-state index in [9.17, 15) is 9.59 Å². The summed E-state index contributed by atoms with van der Waals surface area (Å²) in [5.41, 5.74) is 3.73. The third-order valence-corrected chi connectivity index (χ3v) is 6.41. The number of fused-ring (bicyclic) bond motifs is 1. The molecule has 29 heavy (non-hydrogen) atoms. The van der Waals surface area contributed by atoms with Crippen LogP contribution < -0.4 is 10.2 Å². The van der Waals surface area contributed by atoms with E-state index < -0.39 is 6.09 Å². The van der Waals surface area contributed by atoms with Crippen molar-refractivity contribution in [2.45, 2.75) is 45.4 Å². The maximum atomic E-state index is 12.3. The standard InChI is InChI=1S/C24H28N2O3/c1-17(27)26-14-13-24(3,18-7-5-4-6-8-18)20-15-19(9-10-21(20)26)25-22(28)29-16-23(2)11-12-23/h4-10,15H,11-14,16H2,1-3H3,(H,25,28). The van der Waals surface area contributed by atoms with Crippen LogP contribution in [0.2, 0.25) is 0 Å². The van der Waals surface area contributed by atoms with Crippen LogP contribution in [-0.2, 0) is 14.9 Å². The van der Waals surface area contributed by atoms with Crippen molar-refractivity contribution in [2.24, 2.45) is 5.41 Å². The number of anilines is 2. The molecule has 1 atom stereocenters. The summed E-state index contributed by atoms with van der Waals surface area (Å²) < 4.78 is 5.40. The number of amides is 2. The minimum atomic E-state index is -0.432. The van der Waals surface area contributed by atoms with Crippen LogP contribution in [0.15, 0.2) is 48.5 Å². The lowest BCUT2D eigenvalue weighted by Crippen LogP contribution is -2.41. The summed E-state index contributed by atoms with van der Waals surface area (Å²) in [7, 11) is 0. The summed E-state index contributed by atoms with van der Waals surface area (Å²) in [4.78, 5) is 26.3. The minimum absolute atomic E-state index is 0.0270. The quantitative estimate of drug-likeness (QED) is 0.788. The van der Waals surface area contributed by atoms with Crippen molar-refractivity contribution in [1.82, 2.24) is 0 Å². The van der Waals surface area contributed by atoms with Crippen molar-refractivity contribution in [2.75, 3.05) is 23.4 Å². The average Bonchev–Trinajstić information content (AvgIpc) is 3.45. The monoisotopic (exact) mass is 392 g/mol. The van der Waals surface area contributed by atoms with E-state index in [0.29, 0.717) is 18.8 Å². The van der Waals surface area contributed by atoms with Gasteiger partial charge in [0.2, 0.25) is 5.91 Å². The van der Waals surface area contributed by atoms with Gasteiger partial charge in [0, 0.05) is 35.7 Å². The van der Waals surface area contributed by atoms with Crippen molar-refractivity contribution in [3.05, 3.63) is 59.7 Å². The van der Waals surface area contributed by atoms with Gasteiger partial charge in [0.05, 0.1) is 6.61 Å². The summed E-state index contributed by atoms with van der Waals surface area (Å²) in [6, 6.07) is 16.1. The smallest absolute Gasteiger partial charge is 0.411 e. The molecular weight excluding hydrogens is 364 g/mol. The number of ether oxygens (including phenoxy) is 1. The molecule has 0 bridgehead atoms. The summed E-state index contributed by atoms with van der Waals surface area (Å²) in [5, 5.41) is 2.86. The third kappa shape index (κ3) is 3.86. The number of carbonyl (C=O) groups excluding carboxylic acids is 2. The molecule has 1 unspecified atom stereocenters. The lowest BCUT2D eigenvalue weighted by Gasteiger charge is -2.41. The number of carbonyl (C=O) groups is 2. The van der Waals surface area contributed by atoms with E-state index in [1.165, 1.54) is 5.56 Å². The fourth-order valence-corrected chi connectivity index (χ4v) is 4.07. The number of hydrogen-bond acceptors (Lipinski definition) is 3. The first-order valence-corrected chi connectivity index (χ1v) is 10.2. The van der Waals surface area contributed by atoms with Gasteiger partial charge in [-0.05, 0) is 48.6 Å². The lowest BCUT2D eigenvalue weighted by molar-refractivity contribution is -0.116. The Bertz CT molecular complexity index is 936. The number of nitrogens with zero attached hydrogens (tertiary/aromatic N) is 1. The fraction of sp³-hybridized carbons (Fsp3) is 0.417. The van der Waals surface area contributed by atoms with E-state index >= 15 is 0 Å². The molecule has 0 aromatic heterocycles. The molecule has 1 N–H and O–H groups in total. The Hall–Kier alpha value is -2.82. The Balaban J connectivity index is 1.65. The van der Waals surface area contributed by atoms with Crippen LogP contribution in [0.5, 0.6) is 0 Å². The molecule has 0 radical (unpaired) electrons. The molecule has 1 heterocycles. The molecule has 152 valence electrons. The van der Waals surface area contributed by atoms with Crippen molar-refractivity contribution in [3.63, 3.8) is 0 Å². The molecular formula is C24H28N2O3. The zero-order valence-electron chi connectivity index (χ0n) is 17.3. The summed E-state index contributed by atoms with van der Waals surface area (Å²) >= 11 is 0. The largest absolute Gasteiger partial charge is 0.449 e. The van der Waals surface area contributed by atoms with Crippen LogP contribution in [-0.4, -0.2) is 25.2 Å². The molecule has 5 nitrogen and oxygen atoms in total. The highest BCUT2D eigenvalue weighted by Crippen LogP contribution is 2.46. The predicted octanol–water partition coefficient (Wildman–Crippen LogP) is 5.10. The fourth-order valence-electron chi connectivity index (χ4n) is 4.07. The molecule has 1 aliphatic heterocycles. The molecule has 1 fully saturated rings. The van der Waals surface area contributed by atoms with Gasteiger partial charge in [-0.15, -0.1) is 0 Å². The molecule has 0 spiro atoms. The molecule has 0 saturated heterocycles. The maximum absolute atomic E-state index is 12.3. The van der Waals surface area contributed by atoms with Gasteiger partial charge in [-0.1, -0.05) is 44.2 Å². The number of nitrogens with one attached hydrogen (secondary N) is 1. The molecule has 2 aromatic rings. The number of rotatable bonds is 4. The normalized spacial score (nSPS) is 21.8. The lowest BCUT2D eigenvalue weighted by atomic mass is 9.71. The van der Waals surface area contributed by atoms with Crippen LogP contribution in [0.1, 0.15) is 51.2 Å². The van der Waals surface area contributed by atoms with Gasteiger partial charge < -0.3 is 9.64 Å². The van der Waals surface area contributed by atoms with Crippen molar-refractivity contribution in [1.29, 1.82) is 0 Å². The van der Waals surface area contributed by atoms with E-state index in [1.54, 1.807) is 6.92 Å². The first kappa shape index (κ1) is 19.5. The van der Waals surface area contributed by atoms with E-state index in [-0.39, 0.29) is 16.7 Å². The van der Waals surface area contributed by atoms with Crippen LogP contribution in [0.4, 0.5) is 16.2 Å². The molecule has 2 amide bonds. The second-order valence-corrected chi connectivity index (χ2v) is 8.86. The zero-order valence-corrected chi connectivity index (χ0v) is 17.3. The highest BCUT2D eigenvalue weighted by Gasteiger charge is 2.39. The van der Waals surface area contributed by atoms with E-state index in [2.05, 4.69) is 31.3 Å². The molecule has 1 aliphatic carbocycles. The SMILES string of the molecule is CC(=O)N1CCC(C)(c2ccccc2)c2cc(NC(=O)OCC3(C)CC3)ccc21. The highest BCUT2D eigenvalue weighted by atomic mass is 16.5. The Morgan fingerprint density at radius 2 is 1.79 bits per heavy atom. The van der Waals surface area contributed by atoms with Crippen molar-refractivity contribution in [3.8, 4) is 0 Å². The predicted molar refractivity (Wildman–Crippen MR) is 114 cm³/mol. The summed E-state index contributed by atoms with van der Waals surface area (Å²) in [6.45, 7) is 7.04. The second kappa shape index (κ2) is 7.21. The molecule has 2 aliphatic rings. The third-order valence-electron chi connectivity index (χ3n) is 6.41. The number of benzene rings is 2. The average molecular weight is 392 g/mol. The molecule has 2 aromatic carbocycles.